The standard InChI is InChI=1S/C20H22N6O2/c1-15-5-4-8-18(9-15)25-20(28)23-11-19(27)22-10-16-6-2-3-7-17(16)12-26-14-21-13-24-26/h2-9,13-14H,10-12H2,1H3,(H,22,27)(H2,23,25,28). The van der Waals surface area contributed by atoms with Crippen LogP contribution in [0.1, 0.15) is 16.7 Å². The van der Waals surface area contributed by atoms with Gasteiger partial charge in [0.05, 0.1) is 13.1 Å². The Morgan fingerprint density at radius 1 is 1.04 bits per heavy atom. The van der Waals surface area contributed by atoms with E-state index in [4.69, 9.17) is 0 Å². The van der Waals surface area contributed by atoms with E-state index in [2.05, 4.69) is 26.0 Å². The minimum atomic E-state index is -0.424. The zero-order valence-electron chi connectivity index (χ0n) is 15.6. The number of benzene rings is 2. The second-order valence-electron chi connectivity index (χ2n) is 6.32. The molecule has 0 unspecified atom stereocenters. The first kappa shape index (κ1) is 19.1. The van der Waals surface area contributed by atoms with E-state index in [1.807, 2.05) is 49.4 Å². The van der Waals surface area contributed by atoms with E-state index in [-0.39, 0.29) is 12.5 Å². The van der Waals surface area contributed by atoms with Gasteiger partial charge in [-0.2, -0.15) is 5.10 Å². The van der Waals surface area contributed by atoms with Gasteiger partial charge in [0.2, 0.25) is 5.91 Å². The number of aryl methyl sites for hydroxylation is 1. The van der Waals surface area contributed by atoms with Crippen LogP contribution in [0.5, 0.6) is 0 Å². The Kier molecular flexibility index (Phi) is 6.35. The van der Waals surface area contributed by atoms with Crippen LogP contribution in [0.3, 0.4) is 0 Å². The second-order valence-corrected chi connectivity index (χ2v) is 6.32. The van der Waals surface area contributed by atoms with Crippen molar-refractivity contribution in [3.8, 4) is 0 Å². The number of aromatic nitrogens is 3. The van der Waals surface area contributed by atoms with E-state index in [1.165, 1.54) is 6.33 Å². The van der Waals surface area contributed by atoms with Crippen molar-refractivity contribution in [3.05, 3.63) is 77.9 Å². The summed E-state index contributed by atoms with van der Waals surface area (Å²) in [6.07, 6.45) is 3.13. The molecule has 28 heavy (non-hydrogen) atoms. The lowest BCUT2D eigenvalue weighted by atomic mass is 10.1. The number of hydrogen-bond donors (Lipinski definition) is 3. The second kappa shape index (κ2) is 9.31. The van der Waals surface area contributed by atoms with Gasteiger partial charge in [0.25, 0.3) is 0 Å². The van der Waals surface area contributed by atoms with Crippen LogP contribution in [0.25, 0.3) is 0 Å². The Morgan fingerprint density at radius 3 is 2.61 bits per heavy atom. The number of anilines is 1. The van der Waals surface area contributed by atoms with Gasteiger partial charge in [0.15, 0.2) is 0 Å². The summed E-state index contributed by atoms with van der Waals surface area (Å²) in [6.45, 7) is 2.77. The predicted molar refractivity (Wildman–Crippen MR) is 106 cm³/mol. The van der Waals surface area contributed by atoms with Gasteiger partial charge in [-0.25, -0.2) is 14.5 Å². The average molecular weight is 378 g/mol. The SMILES string of the molecule is Cc1cccc(NC(=O)NCC(=O)NCc2ccccc2Cn2cncn2)c1. The van der Waals surface area contributed by atoms with Gasteiger partial charge in [-0.15, -0.1) is 0 Å². The fraction of sp³-hybridized carbons (Fsp3) is 0.200. The number of carbonyl (C=O) groups excluding carboxylic acids is 2. The highest BCUT2D eigenvalue weighted by atomic mass is 16.2. The molecule has 0 fully saturated rings. The lowest BCUT2D eigenvalue weighted by Gasteiger charge is -2.11. The Balaban J connectivity index is 1.46. The molecule has 0 bridgehead atoms. The van der Waals surface area contributed by atoms with Crippen LogP contribution < -0.4 is 16.0 Å². The summed E-state index contributed by atoms with van der Waals surface area (Å²) >= 11 is 0. The van der Waals surface area contributed by atoms with E-state index < -0.39 is 6.03 Å². The van der Waals surface area contributed by atoms with Crippen LogP contribution in [0, 0.1) is 6.92 Å². The third-order valence-electron chi connectivity index (χ3n) is 4.08. The molecule has 3 aromatic rings. The molecule has 0 aliphatic heterocycles. The summed E-state index contributed by atoms with van der Waals surface area (Å²) in [7, 11) is 0. The zero-order chi connectivity index (χ0) is 19.8. The topological polar surface area (TPSA) is 101 Å². The van der Waals surface area contributed by atoms with Gasteiger partial charge in [0, 0.05) is 12.2 Å². The van der Waals surface area contributed by atoms with Crippen LogP contribution in [0.4, 0.5) is 10.5 Å². The first-order valence-electron chi connectivity index (χ1n) is 8.87. The normalized spacial score (nSPS) is 10.3. The maximum atomic E-state index is 12.1. The fourth-order valence-corrected chi connectivity index (χ4v) is 2.69. The third kappa shape index (κ3) is 5.66. The van der Waals surface area contributed by atoms with Crippen molar-refractivity contribution in [3.63, 3.8) is 0 Å². The van der Waals surface area contributed by atoms with Gasteiger partial charge < -0.3 is 16.0 Å². The largest absolute Gasteiger partial charge is 0.350 e. The van der Waals surface area contributed by atoms with E-state index in [1.54, 1.807) is 17.1 Å². The molecule has 2 aromatic carbocycles. The summed E-state index contributed by atoms with van der Waals surface area (Å²) in [5.74, 6) is -0.269. The summed E-state index contributed by atoms with van der Waals surface area (Å²) < 4.78 is 1.72. The Labute approximate surface area is 163 Å². The average Bonchev–Trinajstić information content (AvgIpc) is 3.19. The van der Waals surface area contributed by atoms with Crippen molar-refractivity contribution in [2.45, 2.75) is 20.0 Å². The van der Waals surface area contributed by atoms with Gasteiger partial charge in [-0.1, -0.05) is 36.4 Å². The molecule has 144 valence electrons. The molecule has 3 N–H and O–H groups in total. The monoisotopic (exact) mass is 378 g/mol. The van der Waals surface area contributed by atoms with E-state index in [9.17, 15) is 9.59 Å². The van der Waals surface area contributed by atoms with Gasteiger partial charge in [-0.3, -0.25) is 4.79 Å². The molecule has 1 aromatic heterocycles. The molecule has 8 nitrogen and oxygen atoms in total. The maximum Gasteiger partial charge on any atom is 0.319 e. The van der Waals surface area contributed by atoms with Crippen molar-refractivity contribution in [2.75, 3.05) is 11.9 Å². The van der Waals surface area contributed by atoms with E-state index >= 15 is 0 Å². The number of urea groups is 1. The molecule has 3 amide bonds. The van der Waals surface area contributed by atoms with E-state index in [0.29, 0.717) is 18.8 Å². The molecule has 0 spiro atoms. The predicted octanol–water partition coefficient (Wildman–Crippen LogP) is 2.07. The van der Waals surface area contributed by atoms with Crippen LogP contribution >= 0.6 is 0 Å². The number of hydrogen-bond acceptors (Lipinski definition) is 4. The van der Waals surface area contributed by atoms with Crippen LogP contribution in [0.15, 0.2) is 61.2 Å². The Hall–Kier alpha value is -3.68. The zero-order valence-corrected chi connectivity index (χ0v) is 15.6. The van der Waals surface area contributed by atoms with E-state index in [0.717, 1.165) is 16.7 Å². The van der Waals surface area contributed by atoms with Crippen LogP contribution in [-0.4, -0.2) is 33.2 Å². The molecule has 3 rings (SSSR count). The van der Waals surface area contributed by atoms with Gasteiger partial charge in [-0.05, 0) is 35.7 Å². The smallest absolute Gasteiger partial charge is 0.319 e. The van der Waals surface area contributed by atoms with Gasteiger partial charge >= 0.3 is 6.03 Å². The summed E-state index contributed by atoms with van der Waals surface area (Å²) in [6, 6.07) is 14.8. The number of rotatable bonds is 7. The number of amides is 3. The summed E-state index contributed by atoms with van der Waals surface area (Å²) in [4.78, 5) is 27.9. The molecule has 0 saturated heterocycles. The first-order chi connectivity index (χ1) is 13.6. The minimum Gasteiger partial charge on any atom is -0.350 e. The molecule has 0 atom stereocenters. The quantitative estimate of drug-likeness (QED) is 0.586. The molecule has 8 heteroatoms. The Morgan fingerprint density at radius 2 is 1.86 bits per heavy atom. The van der Waals surface area contributed by atoms with Crippen molar-refractivity contribution in [1.82, 2.24) is 25.4 Å². The molecular weight excluding hydrogens is 356 g/mol. The Bertz CT molecular complexity index is 939. The summed E-state index contributed by atoms with van der Waals surface area (Å²) in [5, 5.41) is 12.2. The first-order valence-corrected chi connectivity index (χ1v) is 8.87. The van der Waals surface area contributed by atoms with Crippen molar-refractivity contribution >= 4 is 17.6 Å². The minimum absolute atomic E-state index is 0.108. The number of nitrogens with zero attached hydrogens (tertiary/aromatic N) is 3. The summed E-state index contributed by atoms with van der Waals surface area (Å²) in [5.41, 5.74) is 3.74. The van der Waals surface area contributed by atoms with Gasteiger partial charge in [0.1, 0.15) is 12.7 Å². The van der Waals surface area contributed by atoms with Crippen LogP contribution in [0.2, 0.25) is 0 Å². The highest BCUT2D eigenvalue weighted by Crippen LogP contribution is 2.10. The fourth-order valence-electron chi connectivity index (χ4n) is 2.69. The molecule has 0 aliphatic carbocycles. The molecular formula is C20H22N6O2. The highest BCUT2D eigenvalue weighted by Gasteiger charge is 2.08. The maximum absolute atomic E-state index is 12.1. The number of nitrogens with one attached hydrogen (secondary N) is 3. The molecule has 0 saturated carbocycles. The molecule has 0 radical (unpaired) electrons. The van der Waals surface area contributed by atoms with Crippen molar-refractivity contribution in [1.29, 1.82) is 0 Å². The lowest BCUT2D eigenvalue weighted by molar-refractivity contribution is -0.120. The molecule has 0 aliphatic rings. The van der Waals surface area contributed by atoms with Crippen LogP contribution in [-0.2, 0) is 17.9 Å². The number of carbonyl (C=O) groups is 2. The third-order valence-corrected chi connectivity index (χ3v) is 4.08. The van der Waals surface area contributed by atoms with Crippen molar-refractivity contribution in [2.24, 2.45) is 0 Å². The highest BCUT2D eigenvalue weighted by molar-refractivity contribution is 5.92. The lowest BCUT2D eigenvalue weighted by Crippen LogP contribution is -2.38. The van der Waals surface area contributed by atoms with Crippen molar-refractivity contribution < 1.29 is 9.59 Å². The molecule has 1 heterocycles.